The van der Waals surface area contributed by atoms with Crippen LogP contribution in [0.2, 0.25) is 0 Å². The Hall–Kier alpha value is -1.55. The topological polar surface area (TPSA) is 61.6 Å². The molecule has 0 spiro atoms. The van der Waals surface area contributed by atoms with E-state index < -0.39 is 0 Å². The van der Waals surface area contributed by atoms with Crippen molar-refractivity contribution in [3.63, 3.8) is 0 Å². The van der Waals surface area contributed by atoms with Gasteiger partial charge >= 0.3 is 0 Å². The molecule has 1 rings (SSSR count). The number of hydrogen-bond donors (Lipinski definition) is 1. The van der Waals surface area contributed by atoms with E-state index in [0.717, 1.165) is 5.75 Å². The van der Waals surface area contributed by atoms with Gasteiger partial charge in [-0.15, -0.1) is 0 Å². The van der Waals surface area contributed by atoms with Crippen LogP contribution in [-0.4, -0.2) is 26.7 Å². The molecule has 0 atom stereocenters. The quantitative estimate of drug-likeness (QED) is 0.585. The van der Waals surface area contributed by atoms with E-state index in [1.54, 1.807) is 0 Å². The monoisotopic (exact) mass is 211 g/mol. The van der Waals surface area contributed by atoms with E-state index in [0.29, 0.717) is 13.1 Å². The van der Waals surface area contributed by atoms with Gasteiger partial charge < -0.3 is 15.2 Å². The molecule has 0 fully saturated rings. The van der Waals surface area contributed by atoms with E-state index in [-0.39, 0.29) is 6.61 Å². The molecule has 0 saturated heterocycles. The zero-order valence-corrected chi connectivity index (χ0v) is 9.10. The molecular weight excluding hydrogens is 194 g/mol. The van der Waals surface area contributed by atoms with Crippen LogP contribution in [0.4, 0.5) is 0 Å². The molecule has 0 radical (unpaired) electrons. The van der Waals surface area contributed by atoms with E-state index in [1.807, 2.05) is 31.2 Å². The maximum atomic E-state index is 9.78. The number of carbonyl (C=O) groups is 1. The van der Waals surface area contributed by atoms with Crippen LogP contribution in [-0.2, 0) is 9.53 Å². The highest BCUT2D eigenvalue weighted by atomic mass is 16.5. The van der Waals surface area contributed by atoms with E-state index in [4.69, 9.17) is 4.74 Å². The second-order valence-corrected chi connectivity index (χ2v) is 2.63. The minimum absolute atomic E-state index is 0.289. The average molecular weight is 211 g/mol. The Morgan fingerprint density at radius 3 is 2.33 bits per heavy atom. The fourth-order valence-corrected chi connectivity index (χ4v) is 0.890. The molecule has 0 saturated carbocycles. The first-order chi connectivity index (χ1) is 7.33. The fraction of sp³-hybridized carbons (Fsp3) is 0.364. The van der Waals surface area contributed by atoms with Crippen LogP contribution in [0.25, 0.3) is 0 Å². The molecule has 0 aliphatic rings. The average Bonchev–Trinajstić information content (AvgIpc) is 2.30. The van der Waals surface area contributed by atoms with Crippen molar-refractivity contribution in [1.82, 2.24) is 0 Å². The lowest BCUT2D eigenvalue weighted by Gasteiger charge is -2.04. The van der Waals surface area contributed by atoms with Crippen molar-refractivity contribution < 1.29 is 14.3 Å². The number of benzene rings is 1. The van der Waals surface area contributed by atoms with E-state index in [2.05, 4.69) is 10.5 Å². The van der Waals surface area contributed by atoms with Gasteiger partial charge in [-0.05, 0) is 26.1 Å². The molecule has 0 heterocycles. The summed E-state index contributed by atoms with van der Waals surface area (Å²) in [5.41, 5.74) is 5.69. The van der Waals surface area contributed by atoms with Crippen LogP contribution >= 0.6 is 0 Å². The molecule has 2 N–H and O–H groups in total. The first-order valence-corrected chi connectivity index (χ1v) is 4.65. The lowest BCUT2D eigenvalue weighted by atomic mass is 10.2. The summed E-state index contributed by atoms with van der Waals surface area (Å²) in [6.45, 7) is 3.11. The normalized spacial score (nSPS) is 8.47. The molecule has 4 nitrogen and oxygen atoms in total. The number of carbonyl (C=O) groups excluding carboxylic acids is 1. The van der Waals surface area contributed by atoms with Gasteiger partial charge in [-0.3, -0.25) is 4.79 Å². The third-order valence-corrected chi connectivity index (χ3v) is 1.56. The molecule has 0 amide bonds. The first-order valence-electron chi connectivity index (χ1n) is 4.65. The second-order valence-electron chi connectivity index (χ2n) is 2.63. The van der Waals surface area contributed by atoms with Crippen LogP contribution in [0.5, 0.6) is 5.75 Å². The van der Waals surface area contributed by atoms with E-state index in [9.17, 15) is 4.79 Å². The predicted octanol–water partition coefficient (Wildman–Crippen LogP) is 1.12. The number of ether oxygens (including phenoxy) is 2. The third-order valence-electron chi connectivity index (χ3n) is 1.56. The van der Waals surface area contributed by atoms with Gasteiger partial charge in [-0.1, -0.05) is 17.7 Å². The van der Waals surface area contributed by atoms with Crippen molar-refractivity contribution >= 4 is 6.47 Å². The van der Waals surface area contributed by atoms with Crippen LogP contribution in [0.3, 0.4) is 0 Å². The summed E-state index contributed by atoms with van der Waals surface area (Å²) in [5, 5.41) is 0. The molecule has 0 unspecified atom stereocenters. The van der Waals surface area contributed by atoms with Crippen LogP contribution in [0.1, 0.15) is 5.56 Å². The predicted molar refractivity (Wildman–Crippen MR) is 58.8 cm³/mol. The Balaban J connectivity index is 0.000000921. The zero-order chi connectivity index (χ0) is 11.5. The summed E-state index contributed by atoms with van der Waals surface area (Å²) in [6.07, 6.45) is 0. The maximum absolute atomic E-state index is 9.78. The molecule has 4 heteroatoms. The number of rotatable bonds is 5. The molecule has 15 heavy (non-hydrogen) atoms. The minimum atomic E-state index is 0.289. The lowest BCUT2D eigenvalue weighted by molar-refractivity contribution is -0.129. The van der Waals surface area contributed by atoms with Crippen molar-refractivity contribution in [2.75, 3.05) is 20.3 Å². The molecule has 0 aromatic heterocycles. The Labute approximate surface area is 90.0 Å². The van der Waals surface area contributed by atoms with Gasteiger partial charge in [0, 0.05) is 0 Å². The number of hydrogen-bond acceptors (Lipinski definition) is 4. The third kappa shape index (κ3) is 6.51. The summed E-state index contributed by atoms with van der Waals surface area (Å²) < 4.78 is 9.75. The molecule has 0 aliphatic heterocycles. The van der Waals surface area contributed by atoms with Gasteiger partial charge in [-0.2, -0.15) is 0 Å². The molecule has 1 aromatic carbocycles. The van der Waals surface area contributed by atoms with E-state index >= 15 is 0 Å². The van der Waals surface area contributed by atoms with Gasteiger partial charge in [0.1, 0.15) is 19.0 Å². The number of aryl methyl sites for hydroxylation is 1. The van der Waals surface area contributed by atoms with Crippen molar-refractivity contribution in [1.29, 1.82) is 0 Å². The summed E-state index contributed by atoms with van der Waals surface area (Å²) in [5.74, 6) is 0.792. The van der Waals surface area contributed by atoms with E-state index in [1.165, 1.54) is 12.6 Å². The van der Waals surface area contributed by atoms with Gasteiger partial charge in [0.25, 0.3) is 6.47 Å². The van der Waals surface area contributed by atoms with Crippen molar-refractivity contribution in [3.8, 4) is 5.75 Å². The summed E-state index contributed by atoms with van der Waals surface area (Å²) in [7, 11) is 1.50. The highest BCUT2D eigenvalue weighted by Crippen LogP contribution is 2.10. The first kappa shape index (κ1) is 13.4. The molecule has 0 aliphatic carbocycles. The van der Waals surface area contributed by atoms with Crippen LogP contribution in [0, 0.1) is 6.92 Å². The molecule has 84 valence electrons. The van der Waals surface area contributed by atoms with Crippen LogP contribution in [0.15, 0.2) is 24.3 Å². The molecule has 1 aromatic rings. The largest absolute Gasteiger partial charge is 0.490 e. The Morgan fingerprint density at radius 2 is 1.80 bits per heavy atom. The van der Waals surface area contributed by atoms with Crippen molar-refractivity contribution in [2.24, 2.45) is 5.73 Å². The Morgan fingerprint density at radius 1 is 1.20 bits per heavy atom. The zero-order valence-electron chi connectivity index (χ0n) is 9.10. The SMILES string of the molecule is CN.Cc1ccc(OCCOC=O)cc1. The fourth-order valence-electron chi connectivity index (χ4n) is 0.890. The van der Waals surface area contributed by atoms with Crippen LogP contribution < -0.4 is 10.5 Å². The van der Waals surface area contributed by atoms with Gasteiger partial charge in [0.2, 0.25) is 0 Å². The summed E-state index contributed by atoms with van der Waals surface area (Å²) in [4.78, 5) is 9.78. The summed E-state index contributed by atoms with van der Waals surface area (Å²) in [6, 6.07) is 7.71. The second kappa shape index (κ2) is 9.02. The Bertz CT molecular complexity index is 259. The van der Waals surface area contributed by atoms with Gasteiger partial charge in [-0.25, -0.2) is 0 Å². The van der Waals surface area contributed by atoms with Crippen molar-refractivity contribution in [2.45, 2.75) is 6.92 Å². The van der Waals surface area contributed by atoms with Gasteiger partial charge in [0.05, 0.1) is 0 Å². The number of nitrogens with two attached hydrogens (primary N) is 1. The lowest BCUT2D eigenvalue weighted by Crippen LogP contribution is -2.05. The molecule has 0 bridgehead atoms. The summed E-state index contributed by atoms with van der Waals surface area (Å²) >= 11 is 0. The molecular formula is C11H17NO3. The minimum Gasteiger partial charge on any atom is -0.490 e. The highest BCUT2D eigenvalue weighted by Gasteiger charge is 1.92. The Kier molecular flexibility index (Phi) is 8.09. The smallest absolute Gasteiger partial charge is 0.293 e. The maximum Gasteiger partial charge on any atom is 0.293 e. The van der Waals surface area contributed by atoms with Crippen molar-refractivity contribution in [3.05, 3.63) is 29.8 Å². The standard InChI is InChI=1S/C10H12O3.CH5N/c1-9-2-4-10(5-3-9)13-7-6-12-8-11;1-2/h2-5,8H,6-7H2,1H3;2H2,1H3. The highest BCUT2D eigenvalue weighted by molar-refractivity contribution is 5.36. The van der Waals surface area contributed by atoms with Gasteiger partial charge in [0.15, 0.2) is 0 Å².